The van der Waals surface area contributed by atoms with Gasteiger partial charge in [0.05, 0.1) is 6.61 Å². The Labute approximate surface area is 129 Å². The first kappa shape index (κ1) is 16.4. The monoisotopic (exact) mass is 290 g/mol. The Morgan fingerprint density at radius 1 is 1.05 bits per heavy atom. The normalized spacial score (nSPS) is 17.0. The van der Waals surface area contributed by atoms with Crippen LogP contribution in [0, 0.1) is 0 Å². The number of rotatable bonds is 11. The van der Waals surface area contributed by atoms with Gasteiger partial charge in [0.25, 0.3) is 0 Å². The van der Waals surface area contributed by atoms with Crippen molar-refractivity contribution in [1.29, 1.82) is 0 Å². The molecule has 0 amide bonds. The quantitative estimate of drug-likeness (QED) is 0.426. The Morgan fingerprint density at radius 2 is 1.76 bits per heavy atom. The van der Waals surface area contributed by atoms with Crippen LogP contribution in [0.1, 0.15) is 63.5 Å². The van der Waals surface area contributed by atoms with Crippen LogP contribution in [0.2, 0.25) is 0 Å². The summed E-state index contributed by atoms with van der Waals surface area (Å²) >= 11 is 0. The van der Waals surface area contributed by atoms with Crippen LogP contribution in [-0.2, 0) is 17.6 Å². The van der Waals surface area contributed by atoms with E-state index in [0.29, 0.717) is 12.7 Å². The average molecular weight is 290 g/mol. The summed E-state index contributed by atoms with van der Waals surface area (Å²) in [4.78, 5) is 0. The molecule has 0 aliphatic carbocycles. The maximum Gasteiger partial charge on any atom is 0.122 e. The van der Waals surface area contributed by atoms with Crippen molar-refractivity contribution in [2.75, 3.05) is 13.2 Å². The van der Waals surface area contributed by atoms with E-state index < -0.39 is 0 Å². The number of epoxide rings is 1. The van der Waals surface area contributed by atoms with Crippen molar-refractivity contribution in [3.8, 4) is 5.75 Å². The Bertz CT molecular complexity index is 410. The van der Waals surface area contributed by atoms with Crippen molar-refractivity contribution in [3.63, 3.8) is 0 Å². The van der Waals surface area contributed by atoms with Crippen molar-refractivity contribution < 1.29 is 9.47 Å². The van der Waals surface area contributed by atoms with Gasteiger partial charge in [0.1, 0.15) is 18.5 Å². The van der Waals surface area contributed by atoms with Crippen LogP contribution < -0.4 is 4.74 Å². The molecule has 0 N–H and O–H groups in total. The van der Waals surface area contributed by atoms with Crippen LogP contribution in [-0.4, -0.2) is 19.3 Å². The highest BCUT2D eigenvalue weighted by Gasteiger charge is 2.23. The van der Waals surface area contributed by atoms with Gasteiger partial charge in [-0.2, -0.15) is 0 Å². The van der Waals surface area contributed by atoms with E-state index >= 15 is 0 Å². The fourth-order valence-electron chi connectivity index (χ4n) is 2.73. The molecule has 1 heterocycles. The highest BCUT2D eigenvalue weighted by Crippen LogP contribution is 2.27. The number of aryl methyl sites for hydroxylation is 1. The molecule has 21 heavy (non-hydrogen) atoms. The summed E-state index contributed by atoms with van der Waals surface area (Å²) in [6.45, 7) is 6.09. The Balaban J connectivity index is 2.02. The van der Waals surface area contributed by atoms with Crippen LogP contribution in [0.5, 0.6) is 5.75 Å². The molecule has 1 aliphatic rings. The van der Waals surface area contributed by atoms with Gasteiger partial charge in [-0.05, 0) is 42.9 Å². The molecule has 0 saturated carbocycles. The summed E-state index contributed by atoms with van der Waals surface area (Å²) in [5, 5.41) is 0. The van der Waals surface area contributed by atoms with Gasteiger partial charge in [-0.25, -0.2) is 0 Å². The third kappa shape index (κ3) is 5.70. The molecule has 1 unspecified atom stereocenters. The largest absolute Gasteiger partial charge is 0.490 e. The van der Waals surface area contributed by atoms with E-state index in [1.165, 1.54) is 56.1 Å². The van der Waals surface area contributed by atoms with Gasteiger partial charge in [-0.3, -0.25) is 0 Å². The molecule has 0 radical (unpaired) electrons. The molecule has 1 fully saturated rings. The fraction of sp³-hybridized carbons (Fsp3) is 0.684. The molecule has 2 nitrogen and oxygen atoms in total. The van der Waals surface area contributed by atoms with Gasteiger partial charge >= 0.3 is 0 Å². The van der Waals surface area contributed by atoms with Crippen LogP contribution in [0.15, 0.2) is 18.2 Å². The predicted octanol–water partition coefficient (Wildman–Crippen LogP) is 4.93. The minimum absolute atomic E-state index is 0.331. The second-order valence-electron chi connectivity index (χ2n) is 6.07. The van der Waals surface area contributed by atoms with Crippen molar-refractivity contribution in [3.05, 3.63) is 29.3 Å². The SMILES string of the molecule is CCCCCc1cccc(OCC2CO2)c1CCCCC. The topological polar surface area (TPSA) is 21.8 Å². The molecule has 0 spiro atoms. The van der Waals surface area contributed by atoms with E-state index in [4.69, 9.17) is 9.47 Å². The number of benzene rings is 1. The molecule has 2 rings (SSSR count). The number of hydrogen-bond acceptors (Lipinski definition) is 2. The van der Waals surface area contributed by atoms with E-state index in [9.17, 15) is 0 Å². The molecule has 1 aromatic carbocycles. The third-order valence-electron chi connectivity index (χ3n) is 4.14. The molecule has 1 saturated heterocycles. The summed E-state index contributed by atoms with van der Waals surface area (Å²) in [6, 6.07) is 6.57. The maximum atomic E-state index is 6.01. The molecule has 2 heteroatoms. The summed E-state index contributed by atoms with van der Waals surface area (Å²) < 4.78 is 11.3. The van der Waals surface area contributed by atoms with E-state index in [0.717, 1.165) is 18.8 Å². The summed E-state index contributed by atoms with van der Waals surface area (Å²) in [5.74, 6) is 1.09. The van der Waals surface area contributed by atoms with E-state index in [-0.39, 0.29) is 0 Å². The minimum Gasteiger partial charge on any atom is -0.490 e. The molecular formula is C19H30O2. The molecule has 0 aromatic heterocycles. The molecular weight excluding hydrogens is 260 g/mol. The lowest BCUT2D eigenvalue weighted by molar-refractivity contribution is 0.260. The molecule has 1 aromatic rings. The van der Waals surface area contributed by atoms with Gasteiger partial charge in [0.2, 0.25) is 0 Å². The third-order valence-corrected chi connectivity index (χ3v) is 4.14. The van der Waals surface area contributed by atoms with Gasteiger partial charge in [-0.15, -0.1) is 0 Å². The van der Waals surface area contributed by atoms with Crippen LogP contribution in [0.4, 0.5) is 0 Å². The van der Waals surface area contributed by atoms with Gasteiger partial charge in [0, 0.05) is 0 Å². The highest BCUT2D eigenvalue weighted by atomic mass is 16.6. The summed E-state index contributed by atoms with van der Waals surface area (Å²) in [6.07, 6.45) is 10.4. The summed E-state index contributed by atoms with van der Waals surface area (Å²) in [7, 11) is 0. The minimum atomic E-state index is 0.331. The highest BCUT2D eigenvalue weighted by molar-refractivity contribution is 5.40. The summed E-state index contributed by atoms with van der Waals surface area (Å²) in [5.41, 5.74) is 2.94. The Kier molecular flexibility index (Phi) is 7.08. The lowest BCUT2D eigenvalue weighted by atomic mass is 9.96. The molecule has 118 valence electrons. The van der Waals surface area contributed by atoms with Gasteiger partial charge in [0.15, 0.2) is 0 Å². The second-order valence-corrected chi connectivity index (χ2v) is 6.07. The zero-order chi connectivity index (χ0) is 14.9. The number of ether oxygens (including phenoxy) is 2. The maximum absolute atomic E-state index is 6.01. The molecule has 1 aliphatic heterocycles. The lowest BCUT2D eigenvalue weighted by Crippen LogP contribution is -2.07. The number of hydrogen-bond donors (Lipinski definition) is 0. The van der Waals surface area contributed by atoms with Gasteiger partial charge in [-0.1, -0.05) is 51.7 Å². The Hall–Kier alpha value is -1.02. The lowest BCUT2D eigenvalue weighted by Gasteiger charge is -2.15. The Morgan fingerprint density at radius 3 is 2.43 bits per heavy atom. The van der Waals surface area contributed by atoms with Gasteiger partial charge < -0.3 is 9.47 Å². The standard InChI is InChI=1S/C19H30O2/c1-3-5-7-10-16-11-9-13-19(21-15-17-14-20-17)18(16)12-8-6-4-2/h9,11,13,17H,3-8,10,12,14-15H2,1-2H3. The molecule has 1 atom stereocenters. The molecule has 0 bridgehead atoms. The van der Waals surface area contributed by atoms with E-state index in [1.54, 1.807) is 0 Å². The zero-order valence-corrected chi connectivity index (χ0v) is 13.7. The number of unbranched alkanes of at least 4 members (excludes halogenated alkanes) is 4. The first-order valence-electron chi connectivity index (χ1n) is 8.70. The van der Waals surface area contributed by atoms with Crippen molar-refractivity contribution in [2.24, 2.45) is 0 Å². The first-order chi connectivity index (χ1) is 10.3. The van der Waals surface area contributed by atoms with Crippen LogP contribution >= 0.6 is 0 Å². The van der Waals surface area contributed by atoms with Crippen molar-refractivity contribution >= 4 is 0 Å². The van der Waals surface area contributed by atoms with Crippen molar-refractivity contribution in [1.82, 2.24) is 0 Å². The fourth-order valence-corrected chi connectivity index (χ4v) is 2.73. The van der Waals surface area contributed by atoms with Crippen molar-refractivity contribution in [2.45, 2.75) is 71.3 Å². The predicted molar refractivity (Wildman–Crippen MR) is 88.1 cm³/mol. The first-order valence-corrected chi connectivity index (χ1v) is 8.70. The smallest absolute Gasteiger partial charge is 0.122 e. The second kappa shape index (κ2) is 9.09. The zero-order valence-electron chi connectivity index (χ0n) is 13.7. The van der Waals surface area contributed by atoms with Crippen LogP contribution in [0.3, 0.4) is 0 Å². The van der Waals surface area contributed by atoms with E-state index in [2.05, 4.69) is 32.0 Å². The van der Waals surface area contributed by atoms with E-state index in [1.807, 2.05) is 0 Å². The average Bonchev–Trinajstić information content (AvgIpc) is 3.31. The van der Waals surface area contributed by atoms with Crippen LogP contribution in [0.25, 0.3) is 0 Å².